The average Bonchev–Trinajstić information content (AvgIpc) is 2.17. The van der Waals surface area contributed by atoms with Gasteiger partial charge in [0.1, 0.15) is 0 Å². The number of sulfone groups is 1. The Labute approximate surface area is 91.5 Å². The Morgan fingerprint density at radius 2 is 1.73 bits per heavy atom. The lowest BCUT2D eigenvalue weighted by Gasteiger charge is -2.14. The van der Waals surface area contributed by atoms with Crippen molar-refractivity contribution in [3.05, 3.63) is 0 Å². The molecule has 0 rings (SSSR count). The van der Waals surface area contributed by atoms with Gasteiger partial charge in [-0.05, 0) is 13.8 Å². The minimum atomic E-state index is -3.11. The van der Waals surface area contributed by atoms with E-state index in [0.717, 1.165) is 13.1 Å². The van der Waals surface area contributed by atoms with E-state index >= 15 is 0 Å². The van der Waals surface area contributed by atoms with Gasteiger partial charge in [0, 0.05) is 6.42 Å². The van der Waals surface area contributed by atoms with Crippen LogP contribution in [0, 0.1) is 0 Å². The van der Waals surface area contributed by atoms with Crippen LogP contribution >= 0.6 is 0 Å². The maximum absolute atomic E-state index is 11.5. The van der Waals surface area contributed by atoms with Crippen LogP contribution in [0.25, 0.3) is 0 Å². The van der Waals surface area contributed by atoms with E-state index in [-0.39, 0.29) is 17.9 Å². The van der Waals surface area contributed by atoms with Crippen molar-refractivity contribution in [2.24, 2.45) is 5.73 Å². The highest BCUT2D eigenvalue weighted by atomic mass is 32.2. The molecule has 0 radical (unpaired) electrons. The molecule has 0 aliphatic carbocycles. The normalized spacial score (nSPS) is 11.9. The number of rotatable bonds is 8. The molecule has 3 N–H and O–H groups in total. The molecule has 0 aromatic rings. The third kappa shape index (κ3) is 7.33. The average molecular weight is 237 g/mol. The smallest absolute Gasteiger partial charge is 0.218 e. The fourth-order valence-corrected chi connectivity index (χ4v) is 2.58. The molecule has 0 spiro atoms. The Hall–Kier alpha value is -0.620. The first kappa shape index (κ1) is 14.4. The minimum absolute atomic E-state index is 0.0735. The van der Waals surface area contributed by atoms with Crippen LogP contribution in [0.1, 0.15) is 20.3 Å². The van der Waals surface area contributed by atoms with Crippen LogP contribution in [0.5, 0.6) is 0 Å². The molecule has 0 bridgehead atoms. The summed E-state index contributed by atoms with van der Waals surface area (Å²) < 4.78 is 22.9. The van der Waals surface area contributed by atoms with Crippen LogP contribution in [0.4, 0.5) is 0 Å². The monoisotopic (exact) mass is 237 g/mol. The molecule has 0 atom stereocenters. The summed E-state index contributed by atoms with van der Waals surface area (Å²) in [4.78, 5) is 11.7. The molecule has 0 aliphatic rings. The fraction of sp³-hybridized carbons (Fsp3) is 0.889. The zero-order valence-corrected chi connectivity index (χ0v) is 10.3. The van der Waals surface area contributed by atoms with Gasteiger partial charge >= 0.3 is 0 Å². The van der Waals surface area contributed by atoms with E-state index in [1.165, 1.54) is 4.90 Å². The van der Waals surface area contributed by atoms with Crippen LogP contribution in [0.2, 0.25) is 0 Å². The molecule has 90 valence electrons. The van der Waals surface area contributed by atoms with Gasteiger partial charge in [0.15, 0.2) is 9.84 Å². The van der Waals surface area contributed by atoms with Crippen LogP contribution in [-0.2, 0) is 14.6 Å². The molecule has 0 aliphatic heterocycles. The topological polar surface area (TPSA) is 81.7 Å². The first-order valence-corrected chi connectivity index (χ1v) is 7.05. The van der Waals surface area contributed by atoms with Crippen LogP contribution in [0.3, 0.4) is 0 Å². The van der Waals surface area contributed by atoms with Gasteiger partial charge in [-0.2, -0.15) is 0 Å². The van der Waals surface area contributed by atoms with E-state index < -0.39 is 15.7 Å². The second-order valence-corrected chi connectivity index (χ2v) is 5.88. The summed E-state index contributed by atoms with van der Waals surface area (Å²) in [6.45, 7) is 6.49. The highest BCUT2D eigenvalue weighted by Crippen LogP contribution is 1.91. The number of nitrogens with one attached hydrogen (secondary N) is 1. The lowest BCUT2D eigenvalue weighted by Crippen LogP contribution is -3.12. The lowest BCUT2D eigenvalue weighted by atomic mass is 10.5. The van der Waals surface area contributed by atoms with Crippen LogP contribution < -0.4 is 10.6 Å². The van der Waals surface area contributed by atoms with Gasteiger partial charge in [-0.15, -0.1) is 0 Å². The molecule has 15 heavy (non-hydrogen) atoms. The number of amides is 1. The molecule has 0 unspecified atom stereocenters. The number of hydrogen-bond acceptors (Lipinski definition) is 3. The van der Waals surface area contributed by atoms with Crippen LogP contribution in [-0.4, -0.2) is 45.5 Å². The zero-order chi connectivity index (χ0) is 11.9. The first-order valence-electron chi connectivity index (χ1n) is 5.23. The Balaban J connectivity index is 3.98. The van der Waals surface area contributed by atoms with Crippen molar-refractivity contribution in [2.45, 2.75) is 20.3 Å². The van der Waals surface area contributed by atoms with Crippen molar-refractivity contribution in [3.8, 4) is 0 Å². The van der Waals surface area contributed by atoms with Gasteiger partial charge in [-0.25, -0.2) is 8.42 Å². The molecular formula is C9H21N2O3S+. The molecule has 0 aromatic heterocycles. The molecule has 5 nitrogen and oxygen atoms in total. The summed E-state index contributed by atoms with van der Waals surface area (Å²) in [5.41, 5.74) is 4.90. The number of carbonyl (C=O) groups is 1. The highest BCUT2D eigenvalue weighted by Gasteiger charge is 2.15. The van der Waals surface area contributed by atoms with Crippen molar-refractivity contribution < 1.29 is 18.1 Å². The van der Waals surface area contributed by atoms with Crippen molar-refractivity contribution in [2.75, 3.05) is 31.1 Å². The minimum Gasteiger partial charge on any atom is -0.370 e. The molecule has 0 saturated heterocycles. The predicted molar refractivity (Wildman–Crippen MR) is 59.4 cm³/mol. The van der Waals surface area contributed by atoms with Crippen molar-refractivity contribution in [1.29, 1.82) is 0 Å². The van der Waals surface area contributed by atoms with Gasteiger partial charge in [-0.1, -0.05) is 0 Å². The van der Waals surface area contributed by atoms with Gasteiger partial charge in [0.05, 0.1) is 31.1 Å². The van der Waals surface area contributed by atoms with Crippen molar-refractivity contribution >= 4 is 15.7 Å². The maximum atomic E-state index is 11.5. The van der Waals surface area contributed by atoms with Gasteiger partial charge in [0.25, 0.3) is 0 Å². The van der Waals surface area contributed by atoms with E-state index in [0.29, 0.717) is 6.54 Å². The molecule has 0 heterocycles. The number of primary amides is 1. The Morgan fingerprint density at radius 3 is 2.13 bits per heavy atom. The fourth-order valence-electron chi connectivity index (χ4n) is 1.26. The zero-order valence-electron chi connectivity index (χ0n) is 9.45. The SMILES string of the molecule is CC[NH+](CC)CCS(=O)(=O)CCC(N)=O. The second kappa shape index (κ2) is 6.79. The second-order valence-electron chi connectivity index (χ2n) is 3.58. The van der Waals surface area contributed by atoms with E-state index in [9.17, 15) is 13.2 Å². The van der Waals surface area contributed by atoms with E-state index in [1.54, 1.807) is 0 Å². The van der Waals surface area contributed by atoms with Gasteiger partial charge in [0.2, 0.25) is 5.91 Å². The summed E-state index contributed by atoms with van der Waals surface area (Å²) in [5.74, 6) is -0.547. The predicted octanol–water partition coefficient (Wildman–Crippen LogP) is -1.80. The maximum Gasteiger partial charge on any atom is 0.218 e. The van der Waals surface area contributed by atoms with Crippen molar-refractivity contribution in [1.82, 2.24) is 0 Å². The van der Waals surface area contributed by atoms with E-state index in [1.807, 2.05) is 13.8 Å². The number of hydrogen-bond donors (Lipinski definition) is 2. The first-order chi connectivity index (χ1) is 6.91. The quantitative estimate of drug-likeness (QED) is 0.523. The molecule has 0 fully saturated rings. The number of quaternary nitrogens is 1. The molecular weight excluding hydrogens is 216 g/mol. The summed E-state index contributed by atoms with van der Waals surface area (Å²) in [5, 5.41) is 0. The van der Waals surface area contributed by atoms with Crippen LogP contribution in [0.15, 0.2) is 0 Å². The van der Waals surface area contributed by atoms with Gasteiger partial charge in [-0.3, -0.25) is 4.79 Å². The molecule has 0 saturated carbocycles. The largest absolute Gasteiger partial charge is 0.370 e. The van der Waals surface area contributed by atoms with Crippen molar-refractivity contribution in [3.63, 3.8) is 0 Å². The van der Waals surface area contributed by atoms with Gasteiger partial charge < -0.3 is 10.6 Å². The molecule has 1 amide bonds. The number of nitrogens with two attached hydrogens (primary N) is 1. The Kier molecular flexibility index (Phi) is 6.51. The number of carbonyl (C=O) groups excluding carboxylic acids is 1. The third-order valence-electron chi connectivity index (χ3n) is 2.43. The molecule has 0 aromatic carbocycles. The highest BCUT2D eigenvalue weighted by molar-refractivity contribution is 7.91. The Morgan fingerprint density at radius 1 is 1.20 bits per heavy atom. The third-order valence-corrected chi connectivity index (χ3v) is 4.08. The van der Waals surface area contributed by atoms with E-state index in [2.05, 4.69) is 0 Å². The summed E-state index contributed by atoms with van der Waals surface area (Å²) in [6.07, 6.45) is -0.0735. The summed E-state index contributed by atoms with van der Waals surface area (Å²) in [7, 11) is -3.11. The molecule has 6 heteroatoms. The van der Waals surface area contributed by atoms with E-state index in [4.69, 9.17) is 5.73 Å². The Bertz CT molecular complexity index is 284. The summed E-state index contributed by atoms with van der Waals surface area (Å²) >= 11 is 0. The lowest BCUT2D eigenvalue weighted by molar-refractivity contribution is -0.893. The standard InChI is InChI=1S/C9H20N2O3S/c1-3-11(4-2)6-8-15(13,14)7-5-9(10)12/h3-8H2,1-2H3,(H2,10,12)/p+1. The summed E-state index contributed by atoms with van der Waals surface area (Å²) in [6, 6.07) is 0.